The Morgan fingerprint density at radius 2 is 1.58 bits per heavy atom. The van der Waals surface area contributed by atoms with Crippen molar-refractivity contribution in [2.75, 3.05) is 19.8 Å². The largest absolute Gasteiger partial charge is 0.449 e. The van der Waals surface area contributed by atoms with E-state index in [1.165, 1.54) is 37.7 Å². The fourth-order valence-electron chi connectivity index (χ4n) is 12.7. The van der Waals surface area contributed by atoms with Crippen LogP contribution in [0.4, 0.5) is 4.79 Å². The van der Waals surface area contributed by atoms with E-state index >= 15 is 0 Å². The minimum absolute atomic E-state index is 0.105. The maximum Gasteiger partial charge on any atom is 0.408 e. The summed E-state index contributed by atoms with van der Waals surface area (Å²) in [6, 6.07) is 24.9. The molecule has 7 atom stereocenters. The van der Waals surface area contributed by atoms with Crippen LogP contribution in [0.2, 0.25) is 0 Å². The molecule has 3 aromatic carbocycles. The average Bonchev–Trinajstić information content (AvgIpc) is 4.01. The number of aromatic amines is 1. The standard InChI is InChI=1S/C48H53N3O6/c1-46-22-20-31(27-30(46)16-17-36-38-18-19-42(48(3)55-24-25-56-48)47(38,2)23-21-39(36)46)51-57-44(52)43(41-26-29-10-4-9-15-40(29)49-41)50-45(53)54-28-37-34-13-7-5-11-32(34)33-12-6-8-14-35(33)37/h4-15,26-27,36-39,42-43,49H,16-25,28H2,1-3H3,(H,50,53)/b51-31+/t36?,38?,39?,42-,43-,46-,47-/m0/s1. The summed E-state index contributed by atoms with van der Waals surface area (Å²) in [7, 11) is 0. The van der Waals surface area contributed by atoms with Gasteiger partial charge in [0, 0.05) is 17.4 Å². The van der Waals surface area contributed by atoms with Crippen molar-refractivity contribution < 1.29 is 28.6 Å². The maximum absolute atomic E-state index is 13.9. The van der Waals surface area contributed by atoms with Gasteiger partial charge in [0.25, 0.3) is 0 Å². The molecule has 57 heavy (non-hydrogen) atoms. The summed E-state index contributed by atoms with van der Waals surface area (Å²) in [6.07, 6.45) is 10.3. The lowest BCUT2D eigenvalue weighted by Crippen LogP contribution is -2.53. The molecule has 1 saturated heterocycles. The number of nitrogens with one attached hydrogen (secondary N) is 2. The zero-order valence-corrected chi connectivity index (χ0v) is 33.2. The molecule has 4 aromatic rings. The van der Waals surface area contributed by atoms with Crippen LogP contribution in [0.3, 0.4) is 0 Å². The van der Waals surface area contributed by atoms with Crippen molar-refractivity contribution in [1.82, 2.24) is 10.3 Å². The number of hydrogen-bond acceptors (Lipinski definition) is 7. The summed E-state index contributed by atoms with van der Waals surface area (Å²) < 4.78 is 18.4. The Morgan fingerprint density at radius 1 is 0.860 bits per heavy atom. The lowest BCUT2D eigenvalue weighted by molar-refractivity contribution is -0.214. The van der Waals surface area contributed by atoms with Gasteiger partial charge in [-0.1, -0.05) is 91.3 Å². The average molecular weight is 768 g/mol. The van der Waals surface area contributed by atoms with Crippen LogP contribution in [0.25, 0.3) is 22.0 Å². The molecule has 0 spiro atoms. The number of amides is 1. The van der Waals surface area contributed by atoms with Gasteiger partial charge >= 0.3 is 12.1 Å². The fraction of sp³-hybridized carbons (Fsp3) is 0.479. The molecule has 3 saturated carbocycles. The number of oxime groups is 1. The zero-order chi connectivity index (χ0) is 38.9. The number of para-hydroxylation sites is 1. The summed E-state index contributed by atoms with van der Waals surface area (Å²) >= 11 is 0. The predicted molar refractivity (Wildman–Crippen MR) is 218 cm³/mol. The van der Waals surface area contributed by atoms with E-state index in [9.17, 15) is 9.59 Å². The normalized spacial score (nSPS) is 31.1. The van der Waals surface area contributed by atoms with E-state index in [2.05, 4.69) is 66.6 Å². The van der Waals surface area contributed by atoms with Crippen molar-refractivity contribution in [3.63, 3.8) is 0 Å². The van der Waals surface area contributed by atoms with E-state index in [1.54, 1.807) is 0 Å². The van der Waals surface area contributed by atoms with Crippen molar-refractivity contribution in [2.24, 2.45) is 39.7 Å². The lowest BCUT2D eigenvalue weighted by Gasteiger charge is -2.59. The van der Waals surface area contributed by atoms with Crippen molar-refractivity contribution in [3.05, 3.63) is 107 Å². The van der Waals surface area contributed by atoms with Gasteiger partial charge in [0.15, 0.2) is 11.8 Å². The number of aromatic nitrogens is 1. The second-order valence-electron chi connectivity index (χ2n) is 18.1. The molecular weight excluding hydrogens is 715 g/mol. The van der Waals surface area contributed by atoms with Gasteiger partial charge in [-0.3, -0.25) is 0 Å². The van der Waals surface area contributed by atoms with Crippen molar-refractivity contribution in [1.29, 1.82) is 0 Å². The third-order valence-electron chi connectivity index (χ3n) is 15.4. The number of alkyl carbamates (subject to hydrolysis) is 1. The van der Waals surface area contributed by atoms with Crippen LogP contribution in [0.1, 0.15) is 101 Å². The molecule has 0 radical (unpaired) electrons. The number of rotatable bonds is 7. The van der Waals surface area contributed by atoms with Crippen LogP contribution in [-0.4, -0.2) is 48.4 Å². The van der Waals surface area contributed by atoms with Gasteiger partial charge in [0.05, 0.1) is 24.6 Å². The molecule has 1 amide bonds. The maximum atomic E-state index is 13.9. The highest BCUT2D eigenvalue weighted by Gasteiger charge is 2.63. The number of carbonyl (C=O) groups excluding carboxylic acids is 2. The first kappa shape index (κ1) is 36.6. The highest BCUT2D eigenvalue weighted by Crippen LogP contribution is 2.68. The molecule has 10 rings (SSSR count). The van der Waals surface area contributed by atoms with Gasteiger partial charge in [-0.25, -0.2) is 9.59 Å². The number of allylic oxidation sites excluding steroid dienone is 2. The summed E-state index contributed by atoms with van der Waals surface area (Å²) in [6.45, 7) is 8.72. The van der Waals surface area contributed by atoms with Crippen LogP contribution >= 0.6 is 0 Å². The molecule has 1 aromatic heterocycles. The van der Waals surface area contributed by atoms with Crippen LogP contribution in [0, 0.1) is 34.5 Å². The molecule has 5 aliphatic carbocycles. The van der Waals surface area contributed by atoms with Gasteiger partial charge in [-0.15, -0.1) is 0 Å². The number of nitrogens with zero attached hydrogens (tertiary/aromatic N) is 1. The van der Waals surface area contributed by atoms with Crippen molar-refractivity contribution in [2.45, 2.75) is 89.9 Å². The van der Waals surface area contributed by atoms with Gasteiger partial charge < -0.3 is 29.3 Å². The molecule has 9 heteroatoms. The van der Waals surface area contributed by atoms with Crippen molar-refractivity contribution in [3.8, 4) is 11.1 Å². The van der Waals surface area contributed by atoms with E-state index in [1.807, 2.05) is 54.6 Å². The number of H-pyrrole nitrogens is 1. The highest BCUT2D eigenvalue weighted by molar-refractivity contribution is 5.97. The van der Waals surface area contributed by atoms with Crippen LogP contribution in [-0.2, 0) is 23.8 Å². The topological polar surface area (TPSA) is 111 Å². The third kappa shape index (κ3) is 6.06. The number of hydrogen-bond donors (Lipinski definition) is 2. The molecule has 296 valence electrons. The molecule has 0 bridgehead atoms. The molecule has 3 unspecified atom stereocenters. The molecule has 4 fully saturated rings. The quantitative estimate of drug-likeness (QED) is 0.143. The number of ether oxygens (including phenoxy) is 3. The first-order valence-corrected chi connectivity index (χ1v) is 21.1. The first-order chi connectivity index (χ1) is 27.6. The highest BCUT2D eigenvalue weighted by atomic mass is 16.7. The Morgan fingerprint density at radius 3 is 2.33 bits per heavy atom. The molecule has 9 nitrogen and oxygen atoms in total. The molecule has 1 aliphatic heterocycles. The Balaban J connectivity index is 0.842. The summed E-state index contributed by atoms with van der Waals surface area (Å²) in [5.74, 6) is 1.21. The Kier molecular flexibility index (Phi) is 8.98. The number of carbonyl (C=O) groups is 2. The first-order valence-electron chi connectivity index (χ1n) is 21.1. The van der Waals surface area contributed by atoms with E-state index < -0.39 is 23.9 Å². The second kappa shape index (κ2) is 14.0. The second-order valence-corrected chi connectivity index (χ2v) is 18.1. The van der Waals surface area contributed by atoms with Gasteiger partial charge in [-0.2, -0.15) is 0 Å². The molecular formula is C48H53N3O6. The van der Waals surface area contributed by atoms with Crippen molar-refractivity contribution >= 4 is 28.7 Å². The SMILES string of the molecule is CC1([C@H]2CCC3C4CCC5=C/C(=N/OC(=O)[C@@H](NC(=O)OCC6c7ccccc7-c7ccccc76)c6cc7ccccc7[nH]6)CC[C@]5(C)C4CC[C@@]32C)OCCO1. The van der Waals surface area contributed by atoms with E-state index in [0.717, 1.165) is 58.1 Å². The summed E-state index contributed by atoms with van der Waals surface area (Å²) in [5, 5.41) is 8.19. The number of fused-ring (bicyclic) bond motifs is 9. The Labute approximate surface area is 334 Å². The van der Waals surface area contributed by atoms with E-state index in [-0.39, 0.29) is 23.4 Å². The number of benzene rings is 3. The molecule has 6 aliphatic rings. The van der Waals surface area contributed by atoms with Crippen LogP contribution in [0.5, 0.6) is 0 Å². The molecule has 2 N–H and O–H groups in total. The smallest absolute Gasteiger partial charge is 0.408 e. The lowest BCUT2D eigenvalue weighted by atomic mass is 9.46. The predicted octanol–water partition coefficient (Wildman–Crippen LogP) is 9.99. The third-order valence-corrected chi connectivity index (χ3v) is 15.4. The fourth-order valence-corrected chi connectivity index (χ4v) is 12.7. The van der Waals surface area contributed by atoms with E-state index in [0.29, 0.717) is 42.6 Å². The zero-order valence-electron chi connectivity index (χ0n) is 33.2. The monoisotopic (exact) mass is 767 g/mol. The minimum Gasteiger partial charge on any atom is -0.449 e. The Hall–Kier alpha value is -4.73. The Bertz CT molecular complexity index is 2210. The minimum atomic E-state index is -1.15. The van der Waals surface area contributed by atoms with Gasteiger partial charge in [0.1, 0.15) is 6.61 Å². The van der Waals surface area contributed by atoms with Crippen LogP contribution in [0.15, 0.2) is 95.7 Å². The van der Waals surface area contributed by atoms with Gasteiger partial charge in [0.2, 0.25) is 0 Å². The van der Waals surface area contributed by atoms with Crippen LogP contribution < -0.4 is 5.32 Å². The van der Waals surface area contributed by atoms with Gasteiger partial charge in [-0.05, 0) is 133 Å². The summed E-state index contributed by atoms with van der Waals surface area (Å²) in [5.41, 5.74) is 8.44. The van der Waals surface area contributed by atoms with E-state index in [4.69, 9.17) is 19.0 Å². The summed E-state index contributed by atoms with van der Waals surface area (Å²) in [4.78, 5) is 36.5. The molecule has 2 heterocycles.